The van der Waals surface area contributed by atoms with Gasteiger partial charge < -0.3 is 9.88 Å². The number of nitrogens with zero attached hydrogens (tertiary/aromatic N) is 2. The fourth-order valence-electron chi connectivity index (χ4n) is 2.15. The van der Waals surface area contributed by atoms with Gasteiger partial charge in [-0.05, 0) is 31.7 Å². The monoisotopic (exact) mass is 265 g/mol. The quantitative estimate of drug-likeness (QED) is 0.869. The third kappa shape index (κ3) is 2.85. The van der Waals surface area contributed by atoms with Crippen molar-refractivity contribution in [3.8, 4) is 0 Å². The van der Waals surface area contributed by atoms with Crippen molar-refractivity contribution in [2.24, 2.45) is 0 Å². The highest BCUT2D eigenvalue weighted by molar-refractivity contribution is 6.31. The SMILES string of the molecule is CCCCn1c(CCNC)nc2cc(Cl)ccc21. The van der Waals surface area contributed by atoms with Crippen molar-refractivity contribution in [3.63, 3.8) is 0 Å². The number of rotatable bonds is 6. The minimum Gasteiger partial charge on any atom is -0.328 e. The molecular weight excluding hydrogens is 246 g/mol. The first-order chi connectivity index (χ1) is 8.76. The smallest absolute Gasteiger partial charge is 0.111 e. The van der Waals surface area contributed by atoms with Crippen LogP contribution in [0.15, 0.2) is 18.2 Å². The molecular formula is C14H20ClN3. The Bertz CT molecular complexity index is 519. The zero-order valence-corrected chi connectivity index (χ0v) is 11.8. The van der Waals surface area contributed by atoms with E-state index < -0.39 is 0 Å². The van der Waals surface area contributed by atoms with Gasteiger partial charge in [-0.25, -0.2) is 4.98 Å². The summed E-state index contributed by atoms with van der Waals surface area (Å²) in [6, 6.07) is 5.96. The summed E-state index contributed by atoms with van der Waals surface area (Å²) in [5.74, 6) is 1.15. The minimum atomic E-state index is 0.753. The number of aryl methyl sites for hydroxylation is 1. The highest BCUT2D eigenvalue weighted by Crippen LogP contribution is 2.21. The number of halogens is 1. The molecule has 0 aliphatic rings. The Hall–Kier alpha value is -1.06. The summed E-state index contributed by atoms with van der Waals surface area (Å²) in [5.41, 5.74) is 2.20. The Labute approximate surface area is 113 Å². The summed E-state index contributed by atoms with van der Waals surface area (Å²) in [4.78, 5) is 4.70. The number of likely N-dealkylation sites (N-methyl/N-ethyl adjacent to an activating group) is 1. The Morgan fingerprint density at radius 2 is 2.22 bits per heavy atom. The van der Waals surface area contributed by atoms with Crippen molar-refractivity contribution in [1.82, 2.24) is 14.9 Å². The van der Waals surface area contributed by atoms with Gasteiger partial charge in [0.15, 0.2) is 0 Å². The number of imidazole rings is 1. The van der Waals surface area contributed by atoms with E-state index in [0.29, 0.717) is 0 Å². The molecule has 1 heterocycles. The Morgan fingerprint density at radius 3 is 2.94 bits per heavy atom. The molecule has 0 spiro atoms. The van der Waals surface area contributed by atoms with Gasteiger partial charge in [0.25, 0.3) is 0 Å². The van der Waals surface area contributed by atoms with Crippen LogP contribution in [-0.4, -0.2) is 23.1 Å². The standard InChI is InChI=1S/C14H20ClN3/c1-3-4-9-18-13-6-5-11(15)10-12(13)17-14(18)7-8-16-2/h5-6,10,16H,3-4,7-9H2,1-2H3. The Morgan fingerprint density at radius 1 is 1.39 bits per heavy atom. The van der Waals surface area contributed by atoms with Crippen molar-refractivity contribution in [2.45, 2.75) is 32.7 Å². The van der Waals surface area contributed by atoms with Crippen molar-refractivity contribution in [1.29, 1.82) is 0 Å². The second-order valence-electron chi connectivity index (χ2n) is 4.52. The van der Waals surface area contributed by atoms with Gasteiger partial charge in [0.05, 0.1) is 11.0 Å². The normalized spacial score (nSPS) is 11.3. The van der Waals surface area contributed by atoms with E-state index in [4.69, 9.17) is 16.6 Å². The van der Waals surface area contributed by atoms with Crippen molar-refractivity contribution >= 4 is 22.6 Å². The fraction of sp³-hybridized carbons (Fsp3) is 0.500. The van der Waals surface area contributed by atoms with Crippen LogP contribution in [0.2, 0.25) is 5.02 Å². The molecule has 4 heteroatoms. The molecule has 0 saturated carbocycles. The molecule has 0 aliphatic carbocycles. The molecule has 98 valence electrons. The molecule has 1 N–H and O–H groups in total. The summed E-state index contributed by atoms with van der Waals surface area (Å²) >= 11 is 6.03. The van der Waals surface area contributed by atoms with Gasteiger partial charge in [0, 0.05) is 24.5 Å². The third-order valence-electron chi connectivity index (χ3n) is 3.12. The third-order valence-corrected chi connectivity index (χ3v) is 3.36. The molecule has 1 aromatic heterocycles. The lowest BCUT2D eigenvalue weighted by molar-refractivity contribution is 0.607. The van der Waals surface area contributed by atoms with E-state index in [2.05, 4.69) is 22.9 Å². The van der Waals surface area contributed by atoms with Crippen LogP contribution in [0, 0.1) is 0 Å². The largest absolute Gasteiger partial charge is 0.328 e. The first kappa shape index (κ1) is 13.4. The van der Waals surface area contributed by atoms with Crippen LogP contribution in [0.1, 0.15) is 25.6 Å². The van der Waals surface area contributed by atoms with E-state index in [1.165, 1.54) is 18.4 Å². The van der Waals surface area contributed by atoms with E-state index in [-0.39, 0.29) is 0 Å². The van der Waals surface area contributed by atoms with E-state index in [9.17, 15) is 0 Å². The van der Waals surface area contributed by atoms with Gasteiger partial charge in [0.1, 0.15) is 5.82 Å². The second-order valence-corrected chi connectivity index (χ2v) is 4.96. The van der Waals surface area contributed by atoms with Crippen molar-refractivity contribution < 1.29 is 0 Å². The molecule has 2 aromatic rings. The van der Waals surface area contributed by atoms with Gasteiger partial charge in [-0.3, -0.25) is 0 Å². The van der Waals surface area contributed by atoms with Gasteiger partial charge in [0.2, 0.25) is 0 Å². The van der Waals surface area contributed by atoms with Gasteiger partial charge in [-0.2, -0.15) is 0 Å². The zero-order valence-electron chi connectivity index (χ0n) is 11.0. The topological polar surface area (TPSA) is 29.9 Å². The zero-order chi connectivity index (χ0) is 13.0. The number of hydrogen-bond acceptors (Lipinski definition) is 2. The second kappa shape index (κ2) is 6.21. The number of unbranched alkanes of at least 4 members (excludes halogenated alkanes) is 1. The van der Waals surface area contributed by atoms with E-state index >= 15 is 0 Å². The predicted molar refractivity (Wildman–Crippen MR) is 77.3 cm³/mol. The van der Waals surface area contributed by atoms with Crippen LogP contribution in [0.5, 0.6) is 0 Å². The van der Waals surface area contributed by atoms with Crippen LogP contribution in [0.4, 0.5) is 0 Å². The van der Waals surface area contributed by atoms with Crippen LogP contribution in [0.25, 0.3) is 11.0 Å². The molecule has 3 nitrogen and oxygen atoms in total. The number of fused-ring (bicyclic) bond motifs is 1. The summed E-state index contributed by atoms with van der Waals surface area (Å²) < 4.78 is 2.33. The van der Waals surface area contributed by atoms with E-state index in [1.807, 2.05) is 19.2 Å². The number of hydrogen-bond donors (Lipinski definition) is 1. The summed E-state index contributed by atoms with van der Waals surface area (Å²) in [6.45, 7) is 4.19. The first-order valence-electron chi connectivity index (χ1n) is 6.55. The molecule has 0 fully saturated rings. The van der Waals surface area contributed by atoms with E-state index in [0.717, 1.165) is 35.9 Å². The number of aromatic nitrogens is 2. The molecule has 0 amide bonds. The van der Waals surface area contributed by atoms with Crippen LogP contribution < -0.4 is 5.32 Å². The average molecular weight is 266 g/mol. The summed E-state index contributed by atoms with van der Waals surface area (Å²) in [7, 11) is 1.97. The molecule has 18 heavy (non-hydrogen) atoms. The maximum absolute atomic E-state index is 6.03. The first-order valence-corrected chi connectivity index (χ1v) is 6.93. The summed E-state index contributed by atoms with van der Waals surface area (Å²) in [6.07, 6.45) is 3.33. The fourth-order valence-corrected chi connectivity index (χ4v) is 2.31. The van der Waals surface area contributed by atoms with Crippen molar-refractivity contribution in [2.75, 3.05) is 13.6 Å². The van der Waals surface area contributed by atoms with E-state index in [1.54, 1.807) is 0 Å². The van der Waals surface area contributed by atoms with Gasteiger partial charge >= 0.3 is 0 Å². The number of nitrogens with one attached hydrogen (secondary N) is 1. The predicted octanol–water partition coefficient (Wildman–Crippen LogP) is 3.25. The molecule has 1 aromatic carbocycles. The molecule has 0 radical (unpaired) electrons. The highest BCUT2D eigenvalue weighted by Gasteiger charge is 2.10. The van der Waals surface area contributed by atoms with Gasteiger partial charge in [-0.1, -0.05) is 24.9 Å². The highest BCUT2D eigenvalue weighted by atomic mass is 35.5. The number of benzene rings is 1. The Balaban J connectivity index is 2.39. The summed E-state index contributed by atoms with van der Waals surface area (Å²) in [5, 5.41) is 3.93. The molecule has 0 atom stereocenters. The molecule has 0 unspecified atom stereocenters. The van der Waals surface area contributed by atoms with Crippen LogP contribution >= 0.6 is 11.6 Å². The lowest BCUT2D eigenvalue weighted by atomic mass is 10.3. The van der Waals surface area contributed by atoms with Crippen LogP contribution in [0.3, 0.4) is 0 Å². The molecule has 0 aliphatic heterocycles. The minimum absolute atomic E-state index is 0.753. The maximum atomic E-state index is 6.03. The average Bonchev–Trinajstić information content (AvgIpc) is 2.70. The Kier molecular flexibility index (Phi) is 4.61. The molecule has 2 rings (SSSR count). The molecule has 0 saturated heterocycles. The lowest BCUT2D eigenvalue weighted by Gasteiger charge is -2.08. The maximum Gasteiger partial charge on any atom is 0.111 e. The van der Waals surface area contributed by atoms with Gasteiger partial charge in [-0.15, -0.1) is 0 Å². The van der Waals surface area contributed by atoms with Crippen LogP contribution in [-0.2, 0) is 13.0 Å². The molecule has 0 bridgehead atoms. The lowest BCUT2D eigenvalue weighted by Crippen LogP contribution is -2.14. The van der Waals surface area contributed by atoms with Crippen molar-refractivity contribution in [3.05, 3.63) is 29.0 Å².